The molecule has 0 atom stereocenters. The molecule has 3 nitrogen and oxygen atoms in total. The predicted molar refractivity (Wildman–Crippen MR) is 63.8 cm³/mol. The van der Waals surface area contributed by atoms with Crippen molar-refractivity contribution in [3.05, 3.63) is 36.0 Å². The summed E-state index contributed by atoms with van der Waals surface area (Å²) < 4.78 is 24.3. The Morgan fingerprint density at radius 2 is 2.00 bits per heavy atom. The zero-order valence-electron chi connectivity index (χ0n) is 8.86. The maximum Gasteiger partial charge on any atom is 0.288 e. The molecule has 2 rings (SSSR count). The number of benzene rings is 1. The van der Waals surface area contributed by atoms with Crippen LogP contribution in [-0.2, 0) is 6.54 Å². The molecule has 0 amide bonds. The average Bonchev–Trinajstić information content (AvgIpc) is 2.77. The van der Waals surface area contributed by atoms with Gasteiger partial charge in [-0.3, -0.25) is 5.10 Å². The van der Waals surface area contributed by atoms with Gasteiger partial charge in [-0.1, -0.05) is 23.9 Å². The smallest absolute Gasteiger partial charge is 0.288 e. The Labute approximate surface area is 101 Å². The Kier molecular flexibility index (Phi) is 3.75. The Hall–Kier alpha value is -1.40. The van der Waals surface area contributed by atoms with Crippen molar-refractivity contribution in [3.63, 3.8) is 0 Å². The van der Waals surface area contributed by atoms with Gasteiger partial charge in [-0.25, -0.2) is 0 Å². The summed E-state index contributed by atoms with van der Waals surface area (Å²) in [4.78, 5) is 0.539. The third-order valence-electron chi connectivity index (χ3n) is 2.31. The molecule has 1 aromatic heterocycles. The maximum absolute atomic E-state index is 12.1. The molecule has 90 valence electrons. The van der Waals surface area contributed by atoms with Gasteiger partial charge in [0.25, 0.3) is 5.76 Å². The third kappa shape index (κ3) is 2.83. The lowest BCUT2D eigenvalue weighted by Gasteiger charge is -2.03. The van der Waals surface area contributed by atoms with Crippen LogP contribution in [0.15, 0.2) is 35.4 Å². The summed E-state index contributed by atoms with van der Waals surface area (Å²) in [5, 5.41) is 6.76. The van der Waals surface area contributed by atoms with Crippen LogP contribution in [0.3, 0.4) is 0 Å². The summed E-state index contributed by atoms with van der Waals surface area (Å²) in [6, 6.07) is 6.87. The second-order valence-corrected chi connectivity index (χ2v) is 4.44. The van der Waals surface area contributed by atoms with Crippen LogP contribution in [0.4, 0.5) is 8.78 Å². The Morgan fingerprint density at radius 1 is 1.29 bits per heavy atom. The molecule has 0 aliphatic rings. The lowest BCUT2D eigenvalue weighted by molar-refractivity contribution is 0.252. The molecule has 0 aliphatic heterocycles. The van der Waals surface area contributed by atoms with Crippen LogP contribution in [0.25, 0.3) is 11.3 Å². The average molecular weight is 255 g/mol. The van der Waals surface area contributed by atoms with Gasteiger partial charge in [0.2, 0.25) is 0 Å². The molecule has 0 spiro atoms. The van der Waals surface area contributed by atoms with Crippen LogP contribution in [0.2, 0.25) is 0 Å². The van der Waals surface area contributed by atoms with E-state index < -0.39 is 5.76 Å². The highest BCUT2D eigenvalue weighted by Gasteiger charge is 2.08. The normalized spacial score (nSPS) is 11.1. The van der Waals surface area contributed by atoms with Gasteiger partial charge < -0.3 is 5.73 Å². The van der Waals surface area contributed by atoms with E-state index in [1.165, 1.54) is 0 Å². The number of thioether (sulfide) groups is 1. The molecular formula is C11H11F2N3S. The number of rotatable bonds is 4. The fourth-order valence-electron chi connectivity index (χ4n) is 1.52. The van der Waals surface area contributed by atoms with Crippen LogP contribution in [0.5, 0.6) is 0 Å². The van der Waals surface area contributed by atoms with E-state index in [1.54, 1.807) is 30.5 Å². The Balaban J connectivity index is 2.23. The van der Waals surface area contributed by atoms with E-state index in [0.29, 0.717) is 23.2 Å². The first-order valence-corrected chi connectivity index (χ1v) is 5.86. The molecule has 2 aromatic rings. The molecule has 0 saturated heterocycles. The molecule has 6 heteroatoms. The molecule has 0 fully saturated rings. The van der Waals surface area contributed by atoms with Crippen molar-refractivity contribution in [1.82, 2.24) is 10.2 Å². The summed E-state index contributed by atoms with van der Waals surface area (Å²) >= 11 is 0.530. The highest BCUT2D eigenvalue weighted by atomic mass is 32.2. The standard InChI is InChI=1S/C11H11F2N3S/c12-11(13)17-9-3-1-7(2-4-9)10-8(5-14)6-15-16-10/h1-4,6,11H,5,14H2,(H,15,16). The second-order valence-electron chi connectivity index (χ2n) is 3.38. The third-order valence-corrected chi connectivity index (χ3v) is 3.03. The van der Waals surface area contributed by atoms with Gasteiger partial charge in [-0.2, -0.15) is 13.9 Å². The molecule has 0 aliphatic carbocycles. The van der Waals surface area contributed by atoms with Gasteiger partial charge in [0.05, 0.1) is 11.9 Å². The Bertz CT molecular complexity index is 482. The Morgan fingerprint density at radius 3 is 2.59 bits per heavy atom. The van der Waals surface area contributed by atoms with E-state index in [0.717, 1.165) is 16.8 Å². The number of nitrogens with two attached hydrogens (primary N) is 1. The minimum absolute atomic E-state index is 0.388. The summed E-state index contributed by atoms with van der Waals surface area (Å²) in [6.45, 7) is 0.388. The number of nitrogens with one attached hydrogen (secondary N) is 1. The summed E-state index contributed by atoms with van der Waals surface area (Å²) in [5.41, 5.74) is 8.19. The van der Waals surface area contributed by atoms with Gasteiger partial charge in [-0.15, -0.1) is 0 Å². The van der Waals surface area contributed by atoms with E-state index >= 15 is 0 Å². The number of H-pyrrole nitrogens is 1. The minimum Gasteiger partial charge on any atom is -0.326 e. The first kappa shape index (κ1) is 12.1. The summed E-state index contributed by atoms with van der Waals surface area (Å²) in [5.74, 6) is -2.40. The number of halogens is 2. The SMILES string of the molecule is NCc1cn[nH]c1-c1ccc(SC(F)F)cc1. The number of hydrogen-bond donors (Lipinski definition) is 2. The maximum atomic E-state index is 12.1. The van der Waals surface area contributed by atoms with Crippen LogP contribution in [0, 0.1) is 0 Å². The molecule has 0 bridgehead atoms. The lowest BCUT2D eigenvalue weighted by atomic mass is 10.1. The van der Waals surface area contributed by atoms with Crippen molar-refractivity contribution in [3.8, 4) is 11.3 Å². The number of aromatic nitrogens is 2. The number of aromatic amines is 1. The molecule has 0 unspecified atom stereocenters. The second kappa shape index (κ2) is 5.29. The topological polar surface area (TPSA) is 54.7 Å². The van der Waals surface area contributed by atoms with Crippen LogP contribution >= 0.6 is 11.8 Å². The van der Waals surface area contributed by atoms with Gasteiger partial charge in [-0.05, 0) is 17.7 Å². The first-order valence-electron chi connectivity index (χ1n) is 4.98. The highest BCUT2D eigenvalue weighted by Crippen LogP contribution is 2.28. The summed E-state index contributed by atoms with van der Waals surface area (Å²) in [7, 11) is 0. The van der Waals surface area contributed by atoms with Gasteiger partial charge >= 0.3 is 0 Å². The van der Waals surface area contributed by atoms with Gasteiger partial charge in [0.15, 0.2) is 0 Å². The van der Waals surface area contributed by atoms with Crippen LogP contribution in [-0.4, -0.2) is 16.0 Å². The zero-order valence-corrected chi connectivity index (χ0v) is 9.68. The summed E-state index contributed by atoms with van der Waals surface area (Å²) in [6.07, 6.45) is 1.66. The van der Waals surface area contributed by atoms with E-state index in [-0.39, 0.29) is 0 Å². The number of alkyl halides is 2. The fraction of sp³-hybridized carbons (Fsp3) is 0.182. The molecule has 0 radical (unpaired) electrons. The van der Waals surface area contributed by atoms with Gasteiger partial charge in [0.1, 0.15) is 0 Å². The van der Waals surface area contributed by atoms with Crippen molar-refractivity contribution >= 4 is 11.8 Å². The van der Waals surface area contributed by atoms with Crippen LogP contribution in [0.1, 0.15) is 5.56 Å². The lowest BCUT2D eigenvalue weighted by Crippen LogP contribution is -1.96. The van der Waals surface area contributed by atoms with Crippen LogP contribution < -0.4 is 5.73 Å². The molecule has 0 saturated carbocycles. The molecule has 17 heavy (non-hydrogen) atoms. The van der Waals surface area contributed by atoms with E-state index in [4.69, 9.17) is 5.73 Å². The van der Waals surface area contributed by atoms with Crippen molar-refractivity contribution in [1.29, 1.82) is 0 Å². The monoisotopic (exact) mass is 255 g/mol. The zero-order chi connectivity index (χ0) is 12.3. The van der Waals surface area contributed by atoms with Gasteiger partial charge in [0, 0.05) is 17.0 Å². The van der Waals surface area contributed by atoms with Crippen molar-refractivity contribution in [2.24, 2.45) is 5.73 Å². The van der Waals surface area contributed by atoms with E-state index in [2.05, 4.69) is 10.2 Å². The van der Waals surface area contributed by atoms with E-state index in [9.17, 15) is 8.78 Å². The van der Waals surface area contributed by atoms with E-state index in [1.807, 2.05) is 0 Å². The molecule has 3 N–H and O–H groups in total. The largest absolute Gasteiger partial charge is 0.326 e. The van der Waals surface area contributed by atoms with Crippen molar-refractivity contribution in [2.45, 2.75) is 17.2 Å². The number of hydrogen-bond acceptors (Lipinski definition) is 3. The van der Waals surface area contributed by atoms with Crippen molar-refractivity contribution < 1.29 is 8.78 Å². The fourth-order valence-corrected chi connectivity index (χ4v) is 2.02. The predicted octanol–water partition coefficient (Wildman–Crippen LogP) is 2.85. The van der Waals surface area contributed by atoms with Crippen molar-refractivity contribution in [2.75, 3.05) is 0 Å². The quantitative estimate of drug-likeness (QED) is 0.826. The molecule has 1 aromatic carbocycles. The highest BCUT2D eigenvalue weighted by molar-refractivity contribution is 7.99. The minimum atomic E-state index is -2.40. The first-order chi connectivity index (χ1) is 8.20. The number of nitrogens with zero attached hydrogens (tertiary/aromatic N) is 1. The molecular weight excluding hydrogens is 244 g/mol. The molecule has 1 heterocycles.